The first kappa shape index (κ1) is 22.1. The summed E-state index contributed by atoms with van der Waals surface area (Å²) < 4.78 is 0. The van der Waals surface area contributed by atoms with Crippen LogP contribution < -0.4 is 0 Å². The maximum absolute atomic E-state index is 12.8. The summed E-state index contributed by atoms with van der Waals surface area (Å²) >= 11 is 0. The van der Waals surface area contributed by atoms with Crippen LogP contribution in [-0.2, 0) is 27.3 Å². The summed E-state index contributed by atoms with van der Waals surface area (Å²) in [5, 5.41) is 0. The van der Waals surface area contributed by atoms with Crippen LogP contribution in [0, 0.1) is 12.8 Å². The summed E-state index contributed by atoms with van der Waals surface area (Å²) in [5.41, 5.74) is 3.47. The molecular weight excluding hydrogens is 402 g/mol. The predicted molar refractivity (Wildman–Crippen MR) is 123 cm³/mol. The van der Waals surface area contributed by atoms with Crippen molar-refractivity contribution >= 4 is 17.7 Å². The van der Waals surface area contributed by atoms with Gasteiger partial charge >= 0.3 is 11.8 Å². The van der Waals surface area contributed by atoms with Gasteiger partial charge in [-0.2, -0.15) is 0 Å². The third-order valence-corrected chi connectivity index (χ3v) is 6.68. The van der Waals surface area contributed by atoms with Crippen LogP contribution in [0.2, 0.25) is 0 Å². The molecule has 2 aliphatic rings. The third kappa shape index (κ3) is 5.18. The van der Waals surface area contributed by atoms with Crippen LogP contribution in [0.3, 0.4) is 0 Å². The molecule has 6 nitrogen and oxygen atoms in total. The molecule has 3 amide bonds. The number of likely N-dealkylation sites (tertiary alicyclic amines) is 1. The van der Waals surface area contributed by atoms with Gasteiger partial charge in [-0.25, -0.2) is 0 Å². The maximum Gasteiger partial charge on any atom is 0.312 e. The number of rotatable bonds is 6. The van der Waals surface area contributed by atoms with E-state index < -0.39 is 11.8 Å². The Morgan fingerprint density at radius 2 is 1.47 bits per heavy atom. The van der Waals surface area contributed by atoms with E-state index in [1.807, 2.05) is 42.2 Å². The number of carbonyl (C=O) groups excluding carboxylic acids is 3. The highest BCUT2D eigenvalue weighted by Crippen LogP contribution is 2.22. The molecule has 2 saturated heterocycles. The van der Waals surface area contributed by atoms with Crippen molar-refractivity contribution < 1.29 is 14.4 Å². The van der Waals surface area contributed by atoms with Crippen molar-refractivity contribution in [2.24, 2.45) is 5.92 Å². The molecule has 2 aliphatic heterocycles. The van der Waals surface area contributed by atoms with Gasteiger partial charge in [0.15, 0.2) is 0 Å². The number of piperazine rings is 1. The van der Waals surface area contributed by atoms with E-state index in [1.165, 1.54) is 10.5 Å². The second-order valence-corrected chi connectivity index (χ2v) is 8.89. The minimum absolute atomic E-state index is 0.00781. The summed E-state index contributed by atoms with van der Waals surface area (Å²) in [6.45, 7) is 4.69. The average molecular weight is 434 g/mol. The molecule has 168 valence electrons. The van der Waals surface area contributed by atoms with E-state index in [-0.39, 0.29) is 12.5 Å². The zero-order valence-corrected chi connectivity index (χ0v) is 18.7. The summed E-state index contributed by atoms with van der Waals surface area (Å²) in [7, 11) is 0. The van der Waals surface area contributed by atoms with Gasteiger partial charge in [0.2, 0.25) is 5.91 Å². The van der Waals surface area contributed by atoms with Gasteiger partial charge in [0.25, 0.3) is 0 Å². The van der Waals surface area contributed by atoms with Gasteiger partial charge in [-0.3, -0.25) is 14.4 Å². The summed E-state index contributed by atoms with van der Waals surface area (Å²) in [6, 6.07) is 18.3. The quantitative estimate of drug-likeness (QED) is 0.658. The smallest absolute Gasteiger partial charge is 0.312 e. The van der Waals surface area contributed by atoms with Gasteiger partial charge in [-0.15, -0.1) is 0 Å². The molecule has 2 aromatic rings. The van der Waals surface area contributed by atoms with Crippen LogP contribution in [0.15, 0.2) is 54.6 Å². The monoisotopic (exact) mass is 433 g/mol. The number of aryl methyl sites for hydroxylation is 1. The Balaban J connectivity index is 1.26. The molecule has 2 fully saturated rings. The van der Waals surface area contributed by atoms with Crippen LogP contribution >= 0.6 is 0 Å². The molecule has 6 heteroatoms. The standard InChI is InChI=1S/C26H31N3O3/c1-20-7-5-6-10-23(20)18-28-15-16-29(26(32)25(28)31)19-24(30)27-13-11-22(12-14-27)17-21-8-3-2-4-9-21/h2-10,22H,11-19H2,1H3. The van der Waals surface area contributed by atoms with Gasteiger partial charge in [-0.05, 0) is 48.8 Å². The number of nitrogens with zero attached hydrogens (tertiary/aromatic N) is 3. The Morgan fingerprint density at radius 3 is 2.19 bits per heavy atom. The van der Waals surface area contributed by atoms with Crippen molar-refractivity contribution in [1.29, 1.82) is 0 Å². The lowest BCUT2D eigenvalue weighted by Gasteiger charge is -2.36. The van der Waals surface area contributed by atoms with Crippen LogP contribution in [0.1, 0.15) is 29.5 Å². The Kier molecular flexibility index (Phi) is 6.88. The number of benzene rings is 2. The van der Waals surface area contributed by atoms with Crippen molar-refractivity contribution in [1.82, 2.24) is 14.7 Å². The van der Waals surface area contributed by atoms with Crippen molar-refractivity contribution in [2.45, 2.75) is 32.7 Å². The second-order valence-electron chi connectivity index (χ2n) is 8.89. The topological polar surface area (TPSA) is 60.9 Å². The minimum Gasteiger partial charge on any atom is -0.341 e. The normalized spacial score (nSPS) is 17.7. The van der Waals surface area contributed by atoms with E-state index in [0.717, 1.165) is 30.4 Å². The average Bonchev–Trinajstić information content (AvgIpc) is 2.81. The fraction of sp³-hybridized carbons (Fsp3) is 0.423. The molecule has 4 rings (SSSR count). The number of hydrogen-bond acceptors (Lipinski definition) is 3. The molecule has 0 atom stereocenters. The van der Waals surface area contributed by atoms with E-state index in [1.54, 1.807) is 4.90 Å². The molecule has 0 spiro atoms. The Labute approximate surface area is 189 Å². The summed E-state index contributed by atoms with van der Waals surface area (Å²) in [4.78, 5) is 42.9. The van der Waals surface area contributed by atoms with E-state index in [4.69, 9.17) is 0 Å². The van der Waals surface area contributed by atoms with Gasteiger partial charge in [0.1, 0.15) is 6.54 Å². The fourth-order valence-electron chi connectivity index (χ4n) is 4.61. The molecule has 0 aromatic heterocycles. The van der Waals surface area contributed by atoms with Crippen molar-refractivity contribution in [3.05, 3.63) is 71.3 Å². The minimum atomic E-state index is -0.572. The van der Waals surface area contributed by atoms with E-state index in [9.17, 15) is 14.4 Å². The molecule has 2 heterocycles. The van der Waals surface area contributed by atoms with Crippen molar-refractivity contribution in [3.8, 4) is 0 Å². The first-order chi connectivity index (χ1) is 15.5. The lowest BCUT2D eigenvalue weighted by Crippen LogP contribution is -2.56. The second kappa shape index (κ2) is 9.98. The molecule has 0 bridgehead atoms. The number of hydrogen-bond donors (Lipinski definition) is 0. The third-order valence-electron chi connectivity index (χ3n) is 6.68. The predicted octanol–water partition coefficient (Wildman–Crippen LogP) is 2.65. The molecule has 0 saturated carbocycles. The van der Waals surface area contributed by atoms with Gasteiger partial charge in [-0.1, -0.05) is 54.6 Å². The number of carbonyl (C=O) groups is 3. The molecular formula is C26H31N3O3. The Morgan fingerprint density at radius 1 is 0.844 bits per heavy atom. The van der Waals surface area contributed by atoms with Crippen LogP contribution in [-0.4, -0.2) is 65.1 Å². The molecule has 0 aliphatic carbocycles. The van der Waals surface area contributed by atoms with E-state index in [2.05, 4.69) is 24.3 Å². The molecule has 0 radical (unpaired) electrons. The lowest BCUT2D eigenvalue weighted by atomic mass is 9.90. The zero-order chi connectivity index (χ0) is 22.5. The summed E-state index contributed by atoms with van der Waals surface area (Å²) in [5.74, 6) is -0.572. The highest BCUT2D eigenvalue weighted by atomic mass is 16.2. The van der Waals surface area contributed by atoms with E-state index in [0.29, 0.717) is 38.6 Å². The van der Waals surface area contributed by atoms with Crippen LogP contribution in [0.5, 0.6) is 0 Å². The summed E-state index contributed by atoms with van der Waals surface area (Å²) in [6.07, 6.45) is 2.98. The Bertz CT molecular complexity index is 967. The molecule has 0 N–H and O–H groups in total. The van der Waals surface area contributed by atoms with Gasteiger partial charge in [0, 0.05) is 32.7 Å². The number of piperidine rings is 1. The van der Waals surface area contributed by atoms with Crippen LogP contribution in [0.4, 0.5) is 0 Å². The van der Waals surface area contributed by atoms with Gasteiger partial charge in [0.05, 0.1) is 0 Å². The van der Waals surface area contributed by atoms with Gasteiger partial charge < -0.3 is 14.7 Å². The zero-order valence-electron chi connectivity index (χ0n) is 18.7. The highest BCUT2D eigenvalue weighted by Gasteiger charge is 2.34. The molecule has 32 heavy (non-hydrogen) atoms. The lowest BCUT2D eigenvalue weighted by molar-refractivity contribution is -0.158. The first-order valence-electron chi connectivity index (χ1n) is 11.5. The molecule has 2 aromatic carbocycles. The number of amides is 3. The van der Waals surface area contributed by atoms with Crippen molar-refractivity contribution in [3.63, 3.8) is 0 Å². The van der Waals surface area contributed by atoms with E-state index >= 15 is 0 Å². The fourth-order valence-corrected chi connectivity index (χ4v) is 4.61. The largest absolute Gasteiger partial charge is 0.341 e. The van der Waals surface area contributed by atoms with Crippen molar-refractivity contribution in [2.75, 3.05) is 32.7 Å². The maximum atomic E-state index is 12.8. The first-order valence-corrected chi connectivity index (χ1v) is 11.5. The van der Waals surface area contributed by atoms with Crippen LogP contribution in [0.25, 0.3) is 0 Å². The SMILES string of the molecule is Cc1ccccc1CN1CCN(CC(=O)N2CCC(Cc3ccccc3)CC2)C(=O)C1=O. The molecule has 0 unspecified atom stereocenters. The Hall–Kier alpha value is -3.15. The highest BCUT2D eigenvalue weighted by molar-refractivity contribution is 6.35.